The van der Waals surface area contributed by atoms with Gasteiger partial charge in [-0.1, -0.05) is 39.8 Å². The van der Waals surface area contributed by atoms with Crippen molar-refractivity contribution in [3.63, 3.8) is 0 Å². The molecule has 0 saturated heterocycles. The van der Waals surface area contributed by atoms with E-state index in [-0.39, 0.29) is 5.41 Å². The number of benzene rings is 1. The summed E-state index contributed by atoms with van der Waals surface area (Å²) in [6, 6.07) is 3.98. The van der Waals surface area contributed by atoms with Crippen LogP contribution in [0.25, 0.3) is 5.57 Å². The third-order valence-electron chi connectivity index (χ3n) is 3.36. The summed E-state index contributed by atoms with van der Waals surface area (Å²) in [6.45, 7) is 10.6. The summed E-state index contributed by atoms with van der Waals surface area (Å²) in [4.78, 5) is 0. The molecule has 0 fully saturated rings. The molecule has 0 aliphatic rings. The molecule has 0 nitrogen and oxygen atoms in total. The van der Waals surface area contributed by atoms with Crippen LogP contribution in [0.15, 0.2) is 24.8 Å². The molecule has 2 heteroatoms. The van der Waals surface area contributed by atoms with Gasteiger partial charge in [-0.15, -0.1) is 0 Å². The molecule has 0 aromatic heterocycles. The SMILES string of the molecule is C=C(CCC(C)(C)CCC)c1ccc(F)c(F)c1. The van der Waals surface area contributed by atoms with Gasteiger partial charge in [0.15, 0.2) is 11.6 Å². The van der Waals surface area contributed by atoms with Crippen LogP contribution >= 0.6 is 0 Å². The molecule has 0 atom stereocenters. The average molecular weight is 252 g/mol. The fourth-order valence-electron chi connectivity index (χ4n) is 2.15. The normalized spacial score (nSPS) is 11.6. The van der Waals surface area contributed by atoms with E-state index in [1.54, 1.807) is 6.07 Å². The predicted molar refractivity (Wildman–Crippen MR) is 73.3 cm³/mol. The lowest BCUT2D eigenvalue weighted by atomic mass is 9.81. The Morgan fingerprint density at radius 1 is 1.17 bits per heavy atom. The lowest BCUT2D eigenvalue weighted by Gasteiger charge is -2.24. The van der Waals surface area contributed by atoms with Crippen LogP contribution < -0.4 is 0 Å². The minimum Gasteiger partial charge on any atom is -0.204 e. The predicted octanol–water partition coefficient (Wildman–Crippen LogP) is 5.58. The van der Waals surface area contributed by atoms with E-state index in [1.165, 1.54) is 6.07 Å². The molecule has 0 saturated carbocycles. The molecule has 0 bridgehead atoms. The second kappa shape index (κ2) is 6.12. The van der Waals surface area contributed by atoms with Crippen molar-refractivity contribution in [2.45, 2.75) is 46.5 Å². The minimum absolute atomic E-state index is 0.274. The Kier molecular flexibility index (Phi) is 5.06. The standard InChI is InChI=1S/C16H22F2/c1-5-9-16(3,4)10-8-12(2)13-6-7-14(17)15(18)11-13/h6-7,11H,2,5,8-10H2,1,3-4H3. The van der Waals surface area contributed by atoms with Gasteiger partial charge >= 0.3 is 0 Å². The van der Waals surface area contributed by atoms with Gasteiger partial charge in [0.1, 0.15) is 0 Å². The molecular weight excluding hydrogens is 230 g/mol. The molecule has 100 valence electrons. The Hall–Kier alpha value is -1.18. The topological polar surface area (TPSA) is 0 Å². The molecule has 0 N–H and O–H groups in total. The summed E-state index contributed by atoms with van der Waals surface area (Å²) < 4.78 is 26.0. The molecule has 0 unspecified atom stereocenters. The smallest absolute Gasteiger partial charge is 0.159 e. The number of rotatable bonds is 6. The highest BCUT2D eigenvalue weighted by atomic mass is 19.2. The molecule has 1 rings (SSSR count). The first-order valence-electron chi connectivity index (χ1n) is 6.49. The number of hydrogen-bond acceptors (Lipinski definition) is 0. The van der Waals surface area contributed by atoms with E-state index in [0.29, 0.717) is 5.56 Å². The second-order valence-corrected chi connectivity index (χ2v) is 5.65. The van der Waals surface area contributed by atoms with Crippen LogP contribution in [0.2, 0.25) is 0 Å². The monoisotopic (exact) mass is 252 g/mol. The summed E-state index contributed by atoms with van der Waals surface area (Å²) in [5.41, 5.74) is 1.84. The molecule has 18 heavy (non-hydrogen) atoms. The molecular formula is C16H22F2. The first-order chi connectivity index (χ1) is 8.35. The van der Waals surface area contributed by atoms with Crippen LogP contribution in [0.3, 0.4) is 0 Å². The molecule has 1 aromatic carbocycles. The van der Waals surface area contributed by atoms with Crippen molar-refractivity contribution in [3.05, 3.63) is 42.0 Å². The Balaban J connectivity index is 2.63. The van der Waals surface area contributed by atoms with Crippen LogP contribution in [0.4, 0.5) is 8.78 Å². The van der Waals surface area contributed by atoms with Crippen LogP contribution in [-0.2, 0) is 0 Å². The van der Waals surface area contributed by atoms with Gasteiger partial charge in [0.2, 0.25) is 0 Å². The zero-order chi connectivity index (χ0) is 13.8. The van der Waals surface area contributed by atoms with Crippen molar-refractivity contribution in [1.29, 1.82) is 0 Å². The minimum atomic E-state index is -0.808. The first-order valence-corrected chi connectivity index (χ1v) is 6.49. The highest BCUT2D eigenvalue weighted by Gasteiger charge is 2.17. The van der Waals surface area contributed by atoms with Gasteiger partial charge in [0.25, 0.3) is 0 Å². The summed E-state index contributed by atoms with van der Waals surface area (Å²) in [6.07, 6.45) is 4.15. The van der Waals surface area contributed by atoms with Crippen LogP contribution in [0.1, 0.15) is 52.0 Å². The van der Waals surface area contributed by atoms with Gasteiger partial charge in [0, 0.05) is 0 Å². The number of halogens is 2. The van der Waals surface area contributed by atoms with Crippen molar-refractivity contribution >= 4 is 5.57 Å². The molecule has 0 radical (unpaired) electrons. The Labute approximate surface area is 109 Å². The van der Waals surface area contributed by atoms with E-state index in [1.807, 2.05) is 0 Å². The van der Waals surface area contributed by atoms with E-state index in [0.717, 1.165) is 37.3 Å². The Bertz CT molecular complexity index is 419. The van der Waals surface area contributed by atoms with Gasteiger partial charge in [0.05, 0.1) is 0 Å². The van der Waals surface area contributed by atoms with Crippen molar-refractivity contribution < 1.29 is 8.78 Å². The first kappa shape index (κ1) is 14.9. The number of hydrogen-bond donors (Lipinski definition) is 0. The Morgan fingerprint density at radius 2 is 1.83 bits per heavy atom. The fourth-order valence-corrected chi connectivity index (χ4v) is 2.15. The van der Waals surface area contributed by atoms with E-state index < -0.39 is 11.6 Å². The van der Waals surface area contributed by atoms with E-state index in [2.05, 4.69) is 27.4 Å². The van der Waals surface area contributed by atoms with Crippen molar-refractivity contribution in [1.82, 2.24) is 0 Å². The van der Waals surface area contributed by atoms with Crippen LogP contribution in [0, 0.1) is 17.0 Å². The Morgan fingerprint density at radius 3 is 2.39 bits per heavy atom. The summed E-state index contributed by atoms with van der Waals surface area (Å²) in [5.74, 6) is -1.61. The van der Waals surface area contributed by atoms with E-state index in [9.17, 15) is 8.78 Å². The zero-order valence-corrected chi connectivity index (χ0v) is 11.5. The molecule has 0 aliphatic carbocycles. The fraction of sp³-hybridized carbons (Fsp3) is 0.500. The van der Waals surface area contributed by atoms with Crippen LogP contribution in [-0.4, -0.2) is 0 Å². The highest BCUT2D eigenvalue weighted by Crippen LogP contribution is 2.32. The second-order valence-electron chi connectivity index (χ2n) is 5.65. The third kappa shape index (κ3) is 4.25. The maximum atomic E-state index is 13.1. The lowest BCUT2D eigenvalue weighted by Crippen LogP contribution is -2.10. The third-order valence-corrected chi connectivity index (χ3v) is 3.36. The van der Waals surface area contributed by atoms with Crippen molar-refractivity contribution in [2.24, 2.45) is 5.41 Å². The van der Waals surface area contributed by atoms with Gasteiger partial charge in [-0.2, -0.15) is 0 Å². The van der Waals surface area contributed by atoms with E-state index in [4.69, 9.17) is 0 Å². The van der Waals surface area contributed by atoms with Gasteiger partial charge < -0.3 is 0 Å². The summed E-state index contributed by atoms with van der Waals surface area (Å²) in [5, 5.41) is 0. The highest BCUT2D eigenvalue weighted by molar-refractivity contribution is 5.63. The largest absolute Gasteiger partial charge is 0.204 e. The molecule has 0 aliphatic heterocycles. The molecule has 0 spiro atoms. The lowest BCUT2D eigenvalue weighted by molar-refractivity contribution is 0.309. The van der Waals surface area contributed by atoms with Gasteiger partial charge in [-0.25, -0.2) is 8.78 Å². The van der Waals surface area contributed by atoms with Crippen LogP contribution in [0.5, 0.6) is 0 Å². The molecule has 1 aromatic rings. The quantitative estimate of drug-likeness (QED) is 0.619. The van der Waals surface area contributed by atoms with Gasteiger partial charge in [-0.3, -0.25) is 0 Å². The molecule has 0 amide bonds. The maximum absolute atomic E-state index is 13.1. The van der Waals surface area contributed by atoms with E-state index >= 15 is 0 Å². The summed E-state index contributed by atoms with van der Waals surface area (Å²) >= 11 is 0. The van der Waals surface area contributed by atoms with Crippen molar-refractivity contribution in [2.75, 3.05) is 0 Å². The average Bonchev–Trinajstić information content (AvgIpc) is 2.30. The van der Waals surface area contributed by atoms with Gasteiger partial charge in [-0.05, 0) is 47.9 Å². The maximum Gasteiger partial charge on any atom is 0.159 e. The summed E-state index contributed by atoms with van der Waals surface area (Å²) in [7, 11) is 0. The number of allylic oxidation sites excluding steroid dienone is 1. The van der Waals surface area contributed by atoms with Crippen molar-refractivity contribution in [3.8, 4) is 0 Å². The molecule has 0 heterocycles. The zero-order valence-electron chi connectivity index (χ0n) is 11.5.